The third-order valence-corrected chi connectivity index (χ3v) is 8.26. The minimum absolute atomic E-state index is 0.0406. The smallest absolute Gasteiger partial charge is 0.391 e. The quantitative estimate of drug-likeness (QED) is 0.297. The lowest BCUT2D eigenvalue weighted by molar-refractivity contribution is 0.370. The molecular weight excluding hydrogens is 535 g/mol. The molecule has 3 aromatic rings. The number of benzene rings is 3. The Balaban J connectivity index is 2.74. The van der Waals surface area contributed by atoms with Gasteiger partial charge in [-0.1, -0.05) is 146 Å². The molecule has 0 aliphatic heterocycles. The van der Waals surface area contributed by atoms with Crippen molar-refractivity contribution < 1.29 is 14.3 Å². The molecule has 0 radical (unpaired) electrons. The van der Waals surface area contributed by atoms with E-state index in [2.05, 4.69) is 146 Å². The molecule has 0 spiro atoms. The van der Waals surface area contributed by atoms with Crippen LogP contribution in [0.1, 0.15) is 132 Å². The highest BCUT2D eigenvalue weighted by Gasteiger charge is 2.35. The van der Waals surface area contributed by atoms with Gasteiger partial charge < -0.3 is 14.3 Å². The molecule has 42 heavy (non-hydrogen) atoms. The molecule has 3 nitrogen and oxygen atoms in total. The van der Waals surface area contributed by atoms with Gasteiger partial charge in [-0.25, -0.2) is 0 Å². The lowest BCUT2D eigenvalue weighted by atomic mass is 9.68. The zero-order valence-electron chi connectivity index (χ0n) is 28.9. The molecule has 0 aliphatic rings. The molecule has 2 N–H and O–H groups in total. The van der Waals surface area contributed by atoms with Crippen LogP contribution in [-0.2, 0) is 27.1 Å². The first kappa shape index (κ1) is 34.3. The van der Waals surface area contributed by atoms with Gasteiger partial charge in [-0.2, -0.15) is 0 Å². The lowest BCUT2D eigenvalue weighted by Gasteiger charge is -2.37. The molecule has 0 bridgehead atoms. The fourth-order valence-corrected chi connectivity index (χ4v) is 6.73. The predicted molar refractivity (Wildman–Crippen MR) is 183 cm³/mol. The number of hydrogen-bond donors (Lipinski definition) is 2. The minimum atomic E-state index is -2.59. The summed E-state index contributed by atoms with van der Waals surface area (Å²) >= 11 is 0. The van der Waals surface area contributed by atoms with Crippen LogP contribution in [0.3, 0.4) is 0 Å². The molecule has 3 rings (SSSR count). The molecule has 0 amide bonds. The summed E-state index contributed by atoms with van der Waals surface area (Å²) in [6, 6.07) is 17.5. The van der Waals surface area contributed by atoms with Crippen LogP contribution >= 0.6 is 8.60 Å². The Kier molecular flexibility index (Phi) is 9.30. The summed E-state index contributed by atoms with van der Waals surface area (Å²) in [5, 5.41) is 0. The molecule has 0 aromatic heterocycles. The average molecular weight is 591 g/mol. The van der Waals surface area contributed by atoms with E-state index in [4.69, 9.17) is 4.52 Å². The third-order valence-electron chi connectivity index (χ3n) is 7.90. The predicted octanol–water partition coefficient (Wildman–Crippen LogP) is 11.1. The summed E-state index contributed by atoms with van der Waals surface area (Å²) in [6.07, 6.45) is 0. The Bertz CT molecular complexity index is 1430. The maximum Gasteiger partial charge on any atom is 0.391 e. The van der Waals surface area contributed by atoms with Gasteiger partial charge in [0.25, 0.3) is 0 Å². The van der Waals surface area contributed by atoms with Crippen LogP contribution in [0.2, 0.25) is 0 Å². The summed E-state index contributed by atoms with van der Waals surface area (Å²) in [5.41, 5.74) is 10.2. The fourth-order valence-electron chi connectivity index (χ4n) is 6.40. The van der Waals surface area contributed by atoms with E-state index in [1.807, 2.05) is 6.07 Å². The molecule has 3 aromatic carbocycles. The van der Waals surface area contributed by atoms with Crippen molar-refractivity contribution in [2.45, 2.75) is 131 Å². The van der Waals surface area contributed by atoms with Gasteiger partial charge in [0.05, 0.1) is 0 Å². The van der Waals surface area contributed by atoms with Crippen LogP contribution in [0, 0.1) is 0 Å². The van der Waals surface area contributed by atoms with Crippen LogP contribution in [0.5, 0.6) is 5.75 Å². The molecule has 0 saturated heterocycles. The highest BCUT2D eigenvalue weighted by molar-refractivity contribution is 7.39. The van der Waals surface area contributed by atoms with Crippen molar-refractivity contribution in [2.75, 3.05) is 0 Å². The average Bonchev–Trinajstić information content (AvgIpc) is 2.79. The molecule has 0 saturated carbocycles. The first-order chi connectivity index (χ1) is 18.9. The van der Waals surface area contributed by atoms with E-state index in [1.54, 1.807) is 0 Å². The summed E-state index contributed by atoms with van der Waals surface area (Å²) in [6.45, 7) is 34.0. The van der Waals surface area contributed by atoms with E-state index in [1.165, 1.54) is 33.4 Å². The second kappa shape index (κ2) is 11.4. The summed E-state index contributed by atoms with van der Waals surface area (Å²) < 4.78 is 5.80. The van der Waals surface area contributed by atoms with Crippen LogP contribution in [-0.4, -0.2) is 9.79 Å². The van der Waals surface area contributed by atoms with Gasteiger partial charge >= 0.3 is 8.60 Å². The van der Waals surface area contributed by atoms with Crippen molar-refractivity contribution in [1.82, 2.24) is 0 Å². The second-order valence-electron chi connectivity index (χ2n) is 16.9. The first-order valence-corrected chi connectivity index (χ1v) is 16.4. The van der Waals surface area contributed by atoms with Gasteiger partial charge in [0.15, 0.2) is 0 Å². The van der Waals surface area contributed by atoms with E-state index in [9.17, 15) is 9.79 Å². The molecule has 230 valence electrons. The van der Waals surface area contributed by atoms with Gasteiger partial charge in [-0.15, -0.1) is 0 Å². The zero-order valence-corrected chi connectivity index (χ0v) is 29.8. The van der Waals surface area contributed by atoms with Crippen molar-refractivity contribution in [1.29, 1.82) is 0 Å². The Labute approximate surface area is 257 Å². The molecule has 0 atom stereocenters. The maximum absolute atomic E-state index is 10.1. The van der Waals surface area contributed by atoms with Gasteiger partial charge in [0, 0.05) is 5.56 Å². The Morgan fingerprint density at radius 1 is 0.452 bits per heavy atom. The van der Waals surface area contributed by atoms with Crippen molar-refractivity contribution in [3.63, 3.8) is 0 Å². The van der Waals surface area contributed by atoms with E-state index in [0.717, 1.165) is 16.7 Å². The number of rotatable bonds is 4. The number of hydrogen-bond acceptors (Lipinski definition) is 3. The van der Waals surface area contributed by atoms with Crippen LogP contribution in [0.25, 0.3) is 22.3 Å². The zero-order chi connectivity index (χ0) is 32.2. The van der Waals surface area contributed by atoms with Crippen molar-refractivity contribution in [3.05, 3.63) is 76.3 Å². The summed E-state index contributed by atoms with van der Waals surface area (Å²) in [5.74, 6) is 0.516. The van der Waals surface area contributed by atoms with Crippen LogP contribution < -0.4 is 4.52 Å². The van der Waals surface area contributed by atoms with E-state index in [-0.39, 0.29) is 27.1 Å². The lowest BCUT2D eigenvalue weighted by Crippen LogP contribution is -2.25. The molecular formula is C38H55O3P. The standard InChI is InChI=1S/C38H55O3P/c1-34(2,3)27-20-16-18-25(31(27)36(7,8)9)24-22-23-29(41-42(39)40)33(38(13,14)15)30(24)26-19-17-21-28(35(4,5)6)32(26)37(10,11)12/h16-23,39-40H,1-15H3. The maximum atomic E-state index is 10.1. The van der Waals surface area contributed by atoms with E-state index in [0.29, 0.717) is 5.75 Å². The third kappa shape index (κ3) is 7.12. The summed E-state index contributed by atoms with van der Waals surface area (Å²) in [7, 11) is -2.59. The monoisotopic (exact) mass is 590 g/mol. The van der Waals surface area contributed by atoms with Crippen molar-refractivity contribution >= 4 is 8.60 Å². The van der Waals surface area contributed by atoms with Gasteiger partial charge in [0.1, 0.15) is 5.75 Å². The molecule has 4 heteroatoms. The highest BCUT2D eigenvalue weighted by atomic mass is 31.2. The molecule has 0 aliphatic carbocycles. The normalized spacial score (nSPS) is 13.6. The van der Waals surface area contributed by atoms with Crippen molar-refractivity contribution in [3.8, 4) is 28.0 Å². The fraction of sp³-hybridized carbons (Fsp3) is 0.526. The molecule has 0 fully saturated rings. The van der Waals surface area contributed by atoms with Crippen molar-refractivity contribution in [2.24, 2.45) is 0 Å². The molecule has 0 heterocycles. The van der Waals surface area contributed by atoms with Crippen LogP contribution in [0.4, 0.5) is 0 Å². The topological polar surface area (TPSA) is 49.7 Å². The Hall–Kier alpha value is -2.19. The second-order valence-corrected chi connectivity index (χ2v) is 17.6. The van der Waals surface area contributed by atoms with Gasteiger partial charge in [-0.05, 0) is 77.6 Å². The largest absolute Gasteiger partial charge is 0.427 e. The van der Waals surface area contributed by atoms with Gasteiger partial charge in [-0.3, -0.25) is 0 Å². The first-order valence-electron chi connectivity index (χ1n) is 15.2. The summed E-state index contributed by atoms with van der Waals surface area (Å²) in [4.78, 5) is 20.1. The molecule has 0 unspecified atom stereocenters. The Morgan fingerprint density at radius 3 is 1.24 bits per heavy atom. The Morgan fingerprint density at radius 2 is 0.857 bits per heavy atom. The van der Waals surface area contributed by atoms with Crippen LogP contribution in [0.15, 0.2) is 48.5 Å². The highest BCUT2D eigenvalue weighted by Crippen LogP contribution is 2.52. The minimum Gasteiger partial charge on any atom is -0.427 e. The van der Waals surface area contributed by atoms with E-state index >= 15 is 0 Å². The van der Waals surface area contributed by atoms with Gasteiger partial charge in [0.2, 0.25) is 0 Å². The van der Waals surface area contributed by atoms with E-state index < -0.39 is 8.60 Å². The SMILES string of the molecule is CC(C)(C)c1cccc(-c2ccc(OP(O)O)c(C(C)(C)C)c2-c2cccc(C(C)(C)C)c2C(C)(C)C)c1C(C)(C)C.